The lowest BCUT2D eigenvalue weighted by molar-refractivity contribution is 0.0582. The molecule has 2 rings (SSSR count). The fourth-order valence-corrected chi connectivity index (χ4v) is 2.43. The Morgan fingerprint density at radius 1 is 1.42 bits per heavy atom. The first-order valence-corrected chi connectivity index (χ1v) is 6.72. The molecule has 0 spiro atoms. The lowest BCUT2D eigenvalue weighted by atomic mass is 9.98. The standard InChI is InChI=1S/C15H22N2O2/c1-15(2,3)19-14(18)17-10-11(8-9-16)12-6-4-5-7-13(12)17/h4-7,11H,8-10,16H2,1-3H3/t11-/m0/s1. The van der Waals surface area contributed by atoms with Crippen LogP contribution in [0.5, 0.6) is 0 Å². The van der Waals surface area contributed by atoms with Crippen LogP contribution < -0.4 is 10.6 Å². The number of rotatable bonds is 2. The Balaban J connectivity index is 2.22. The molecular weight excluding hydrogens is 240 g/mol. The lowest BCUT2D eigenvalue weighted by Gasteiger charge is -2.25. The normalized spacial score (nSPS) is 18.3. The second kappa shape index (κ2) is 5.21. The third-order valence-corrected chi connectivity index (χ3v) is 3.20. The van der Waals surface area contributed by atoms with Crippen molar-refractivity contribution in [3.05, 3.63) is 29.8 Å². The number of para-hydroxylation sites is 1. The highest BCUT2D eigenvalue weighted by atomic mass is 16.6. The van der Waals surface area contributed by atoms with Crippen molar-refractivity contribution in [1.29, 1.82) is 0 Å². The van der Waals surface area contributed by atoms with E-state index in [0.29, 0.717) is 19.0 Å². The molecule has 2 N–H and O–H groups in total. The summed E-state index contributed by atoms with van der Waals surface area (Å²) in [5.41, 5.74) is 7.33. The summed E-state index contributed by atoms with van der Waals surface area (Å²) >= 11 is 0. The van der Waals surface area contributed by atoms with Gasteiger partial charge >= 0.3 is 6.09 Å². The summed E-state index contributed by atoms with van der Waals surface area (Å²) in [7, 11) is 0. The summed E-state index contributed by atoms with van der Waals surface area (Å²) < 4.78 is 5.46. The van der Waals surface area contributed by atoms with Gasteiger partial charge < -0.3 is 10.5 Å². The summed E-state index contributed by atoms with van der Waals surface area (Å²) in [6.45, 7) is 6.92. The van der Waals surface area contributed by atoms with Crippen LogP contribution in [0.4, 0.5) is 10.5 Å². The molecule has 0 unspecified atom stereocenters. The molecule has 1 aliphatic heterocycles. The van der Waals surface area contributed by atoms with Crippen LogP contribution >= 0.6 is 0 Å². The van der Waals surface area contributed by atoms with Gasteiger partial charge in [0.05, 0.1) is 5.69 Å². The molecule has 4 heteroatoms. The zero-order valence-electron chi connectivity index (χ0n) is 11.8. The van der Waals surface area contributed by atoms with Gasteiger partial charge in [-0.3, -0.25) is 4.90 Å². The van der Waals surface area contributed by atoms with E-state index in [0.717, 1.165) is 12.1 Å². The van der Waals surface area contributed by atoms with Gasteiger partial charge in [-0.1, -0.05) is 18.2 Å². The highest BCUT2D eigenvalue weighted by molar-refractivity contribution is 5.91. The average molecular weight is 262 g/mol. The van der Waals surface area contributed by atoms with E-state index in [1.54, 1.807) is 4.90 Å². The van der Waals surface area contributed by atoms with Crippen molar-refractivity contribution in [3.63, 3.8) is 0 Å². The second-order valence-electron chi connectivity index (χ2n) is 5.92. The molecule has 1 aromatic carbocycles. The van der Waals surface area contributed by atoms with Gasteiger partial charge in [-0.25, -0.2) is 4.79 Å². The topological polar surface area (TPSA) is 55.6 Å². The van der Waals surface area contributed by atoms with Crippen LogP contribution in [-0.2, 0) is 4.74 Å². The predicted molar refractivity (Wildman–Crippen MR) is 76.4 cm³/mol. The third-order valence-electron chi connectivity index (χ3n) is 3.20. The van der Waals surface area contributed by atoms with Crippen LogP contribution in [-0.4, -0.2) is 24.8 Å². The molecule has 1 aliphatic rings. The van der Waals surface area contributed by atoms with Crippen LogP contribution in [0.3, 0.4) is 0 Å². The molecular formula is C15H22N2O2. The lowest BCUT2D eigenvalue weighted by Crippen LogP contribution is -2.36. The number of fused-ring (bicyclic) bond motifs is 1. The summed E-state index contributed by atoms with van der Waals surface area (Å²) in [4.78, 5) is 14.0. The first-order chi connectivity index (χ1) is 8.92. The van der Waals surface area contributed by atoms with Gasteiger partial charge in [-0.2, -0.15) is 0 Å². The largest absolute Gasteiger partial charge is 0.443 e. The highest BCUT2D eigenvalue weighted by Crippen LogP contribution is 2.38. The monoisotopic (exact) mass is 262 g/mol. The number of benzene rings is 1. The Kier molecular flexibility index (Phi) is 3.80. The molecule has 1 amide bonds. The van der Waals surface area contributed by atoms with Crippen molar-refractivity contribution in [2.45, 2.75) is 38.7 Å². The van der Waals surface area contributed by atoms with Gasteiger partial charge in [-0.05, 0) is 45.4 Å². The van der Waals surface area contributed by atoms with Crippen molar-refractivity contribution in [3.8, 4) is 0 Å². The fraction of sp³-hybridized carbons (Fsp3) is 0.533. The maximum Gasteiger partial charge on any atom is 0.414 e. The molecule has 1 heterocycles. The summed E-state index contributed by atoms with van der Waals surface area (Å²) in [5, 5.41) is 0. The maximum absolute atomic E-state index is 12.2. The molecule has 0 saturated heterocycles. The molecule has 104 valence electrons. The van der Waals surface area contributed by atoms with Gasteiger partial charge in [0.2, 0.25) is 0 Å². The van der Waals surface area contributed by atoms with Crippen molar-refractivity contribution in [2.75, 3.05) is 18.0 Å². The first kappa shape index (κ1) is 13.9. The number of carbonyl (C=O) groups excluding carboxylic acids is 1. The zero-order chi connectivity index (χ0) is 14.0. The van der Waals surface area contributed by atoms with Crippen LogP contribution in [0.25, 0.3) is 0 Å². The van der Waals surface area contributed by atoms with E-state index >= 15 is 0 Å². The van der Waals surface area contributed by atoms with Crippen molar-refractivity contribution >= 4 is 11.8 Å². The Morgan fingerprint density at radius 3 is 2.74 bits per heavy atom. The van der Waals surface area contributed by atoms with E-state index in [-0.39, 0.29) is 6.09 Å². The molecule has 0 aromatic heterocycles. The summed E-state index contributed by atoms with van der Waals surface area (Å²) in [5.74, 6) is 0.314. The van der Waals surface area contributed by atoms with Gasteiger partial charge in [-0.15, -0.1) is 0 Å². The molecule has 0 fully saturated rings. The minimum Gasteiger partial charge on any atom is -0.443 e. The van der Waals surface area contributed by atoms with E-state index in [9.17, 15) is 4.79 Å². The van der Waals surface area contributed by atoms with E-state index in [1.807, 2.05) is 39.0 Å². The Labute approximate surface area is 114 Å². The first-order valence-electron chi connectivity index (χ1n) is 6.72. The number of amides is 1. The van der Waals surface area contributed by atoms with Crippen LogP contribution in [0, 0.1) is 0 Å². The summed E-state index contributed by atoms with van der Waals surface area (Å²) in [6, 6.07) is 7.98. The quantitative estimate of drug-likeness (QED) is 0.891. The zero-order valence-corrected chi connectivity index (χ0v) is 11.8. The van der Waals surface area contributed by atoms with E-state index in [2.05, 4.69) is 6.07 Å². The number of nitrogens with zero attached hydrogens (tertiary/aromatic N) is 1. The maximum atomic E-state index is 12.2. The van der Waals surface area contributed by atoms with Gasteiger partial charge in [0.25, 0.3) is 0 Å². The minimum atomic E-state index is -0.474. The summed E-state index contributed by atoms with van der Waals surface area (Å²) in [6.07, 6.45) is 0.607. The SMILES string of the molecule is CC(C)(C)OC(=O)N1C[C@H](CCN)c2ccccc21. The van der Waals surface area contributed by atoms with Crippen molar-refractivity contribution in [2.24, 2.45) is 5.73 Å². The van der Waals surface area contributed by atoms with E-state index in [1.165, 1.54) is 5.56 Å². The third kappa shape index (κ3) is 3.07. The molecule has 19 heavy (non-hydrogen) atoms. The molecule has 0 radical (unpaired) electrons. The number of hydrogen-bond acceptors (Lipinski definition) is 3. The number of nitrogens with two attached hydrogens (primary N) is 1. The van der Waals surface area contributed by atoms with Gasteiger partial charge in [0.1, 0.15) is 5.60 Å². The van der Waals surface area contributed by atoms with Gasteiger partial charge in [0, 0.05) is 12.5 Å². The fourth-order valence-electron chi connectivity index (χ4n) is 2.43. The highest BCUT2D eigenvalue weighted by Gasteiger charge is 2.33. The van der Waals surface area contributed by atoms with Crippen LogP contribution in [0.2, 0.25) is 0 Å². The molecule has 1 atom stereocenters. The van der Waals surface area contributed by atoms with Crippen LogP contribution in [0.1, 0.15) is 38.7 Å². The molecule has 1 aromatic rings. The number of carbonyl (C=O) groups is 1. The molecule has 4 nitrogen and oxygen atoms in total. The Bertz CT molecular complexity index is 465. The van der Waals surface area contributed by atoms with E-state index < -0.39 is 5.60 Å². The Hall–Kier alpha value is -1.55. The number of hydrogen-bond donors (Lipinski definition) is 1. The second-order valence-corrected chi connectivity index (χ2v) is 5.92. The predicted octanol–water partition coefficient (Wildman–Crippen LogP) is 2.87. The van der Waals surface area contributed by atoms with Crippen molar-refractivity contribution < 1.29 is 9.53 Å². The Morgan fingerprint density at radius 2 is 2.11 bits per heavy atom. The molecule has 0 saturated carbocycles. The smallest absolute Gasteiger partial charge is 0.414 e. The minimum absolute atomic E-state index is 0.278. The average Bonchev–Trinajstić information content (AvgIpc) is 2.67. The number of anilines is 1. The van der Waals surface area contributed by atoms with Gasteiger partial charge in [0.15, 0.2) is 0 Å². The molecule has 0 aliphatic carbocycles. The van der Waals surface area contributed by atoms with Crippen molar-refractivity contribution in [1.82, 2.24) is 0 Å². The molecule has 0 bridgehead atoms. The van der Waals surface area contributed by atoms with Crippen LogP contribution in [0.15, 0.2) is 24.3 Å². The van der Waals surface area contributed by atoms with E-state index in [4.69, 9.17) is 10.5 Å². The number of ether oxygens (including phenoxy) is 1.